The lowest BCUT2D eigenvalue weighted by Crippen LogP contribution is -2.29. The number of carbonyl (C=O) groups is 1. The molecule has 4 nitrogen and oxygen atoms in total. The number of rotatable bonds is 3. The zero-order chi connectivity index (χ0) is 18.2. The lowest BCUT2D eigenvalue weighted by atomic mass is 9.80. The highest BCUT2D eigenvalue weighted by Gasteiger charge is 2.37. The van der Waals surface area contributed by atoms with Gasteiger partial charge in [0.2, 0.25) is 0 Å². The number of benzene rings is 2. The largest absolute Gasteiger partial charge is 0.292 e. The summed E-state index contributed by atoms with van der Waals surface area (Å²) in [7, 11) is 0. The molecule has 2 aromatic heterocycles. The Balaban J connectivity index is 1.65. The van der Waals surface area contributed by atoms with Gasteiger partial charge in [0.25, 0.3) is 0 Å². The lowest BCUT2D eigenvalue weighted by molar-refractivity contribution is -0.118. The predicted molar refractivity (Wildman–Crippen MR) is 108 cm³/mol. The average Bonchev–Trinajstić information content (AvgIpc) is 3.38. The highest BCUT2D eigenvalue weighted by molar-refractivity contribution is 7.10. The maximum Gasteiger partial charge on any atom is 0.181 e. The van der Waals surface area contributed by atoms with E-state index < -0.39 is 0 Å². The van der Waals surface area contributed by atoms with Crippen LogP contribution < -0.4 is 0 Å². The highest BCUT2D eigenvalue weighted by atomic mass is 32.1. The van der Waals surface area contributed by atoms with Crippen LogP contribution in [0.4, 0.5) is 0 Å². The van der Waals surface area contributed by atoms with Crippen LogP contribution in [0.2, 0.25) is 0 Å². The van der Waals surface area contributed by atoms with Crippen molar-refractivity contribution in [3.8, 4) is 0 Å². The van der Waals surface area contributed by atoms with Gasteiger partial charge in [-0.25, -0.2) is 4.68 Å². The van der Waals surface area contributed by atoms with E-state index in [2.05, 4.69) is 33.9 Å². The Kier molecular flexibility index (Phi) is 3.94. The van der Waals surface area contributed by atoms with Crippen LogP contribution >= 0.6 is 11.3 Å². The fourth-order valence-electron chi connectivity index (χ4n) is 3.86. The minimum atomic E-state index is -0.372. The molecule has 132 valence electrons. The summed E-state index contributed by atoms with van der Waals surface area (Å²) in [6.45, 7) is 0. The number of carbonyl (C=O) groups excluding carboxylic acids is 1. The molecule has 0 fully saturated rings. The molecule has 0 bridgehead atoms. The monoisotopic (exact) mass is 371 g/mol. The van der Waals surface area contributed by atoms with Crippen molar-refractivity contribution in [3.63, 3.8) is 0 Å². The molecule has 0 radical (unpaired) electrons. The zero-order valence-electron chi connectivity index (χ0n) is 14.5. The molecule has 4 aromatic rings. The summed E-state index contributed by atoms with van der Waals surface area (Å²) in [6.07, 6.45) is 2.59. The number of aromatic nitrogens is 3. The van der Waals surface area contributed by atoms with Crippen molar-refractivity contribution in [1.29, 1.82) is 0 Å². The smallest absolute Gasteiger partial charge is 0.181 e. The number of thiophene rings is 1. The second-order valence-electron chi connectivity index (χ2n) is 6.73. The Morgan fingerprint density at radius 1 is 0.963 bits per heavy atom. The van der Waals surface area contributed by atoms with Crippen LogP contribution in [0.1, 0.15) is 28.8 Å². The maximum absolute atomic E-state index is 13.3. The molecule has 2 atom stereocenters. The fourth-order valence-corrected chi connectivity index (χ4v) is 4.72. The molecule has 1 aliphatic rings. The summed E-state index contributed by atoms with van der Waals surface area (Å²) in [5.41, 5.74) is 3.90. The maximum atomic E-state index is 13.3. The van der Waals surface area contributed by atoms with Gasteiger partial charge in [0.1, 0.15) is 11.6 Å². The molecule has 0 aliphatic heterocycles. The molecule has 2 heterocycles. The molecule has 1 aliphatic carbocycles. The minimum absolute atomic E-state index is 0.0443. The van der Waals surface area contributed by atoms with Gasteiger partial charge >= 0.3 is 0 Å². The van der Waals surface area contributed by atoms with Gasteiger partial charge < -0.3 is 0 Å². The number of nitrogens with zero attached hydrogens (tertiary/aromatic N) is 3. The molecule has 0 N–H and O–H groups in total. The number of fused-ring (bicyclic) bond motifs is 1. The second-order valence-corrected chi connectivity index (χ2v) is 7.71. The van der Waals surface area contributed by atoms with Crippen molar-refractivity contribution in [2.75, 3.05) is 0 Å². The van der Waals surface area contributed by atoms with Crippen molar-refractivity contribution in [1.82, 2.24) is 15.0 Å². The van der Waals surface area contributed by atoms with Crippen LogP contribution in [0.5, 0.6) is 0 Å². The van der Waals surface area contributed by atoms with Crippen molar-refractivity contribution in [2.45, 2.75) is 18.4 Å². The molecule has 0 saturated carbocycles. The Bertz CT molecular complexity index is 1130. The quantitative estimate of drug-likeness (QED) is 0.516. The molecule has 0 unspecified atom stereocenters. The van der Waals surface area contributed by atoms with Crippen molar-refractivity contribution >= 4 is 33.7 Å². The van der Waals surface area contributed by atoms with Crippen LogP contribution in [0.3, 0.4) is 0 Å². The number of para-hydroxylation sites is 1. The highest BCUT2D eigenvalue weighted by Crippen LogP contribution is 2.44. The van der Waals surface area contributed by atoms with Gasteiger partial charge in [-0.1, -0.05) is 53.7 Å². The summed E-state index contributed by atoms with van der Waals surface area (Å²) in [6, 6.07) is 21.7. The Labute approximate surface area is 160 Å². The zero-order valence-corrected chi connectivity index (χ0v) is 15.3. The van der Waals surface area contributed by atoms with Crippen LogP contribution in [0.15, 0.2) is 78.2 Å². The SMILES string of the molecule is O=C1C=C(c2ccccc2)C[C@@H](c2cccs2)[C@@H]1n1nnc2ccccc21. The van der Waals surface area contributed by atoms with E-state index >= 15 is 0 Å². The van der Waals surface area contributed by atoms with Crippen LogP contribution in [0.25, 0.3) is 16.6 Å². The van der Waals surface area contributed by atoms with Crippen molar-refractivity contribution < 1.29 is 4.79 Å². The fraction of sp³-hybridized carbons (Fsp3) is 0.136. The number of allylic oxidation sites excluding steroid dienone is 2. The molecule has 5 rings (SSSR count). The van der Waals surface area contributed by atoms with Gasteiger partial charge in [-0.15, -0.1) is 16.4 Å². The van der Waals surface area contributed by atoms with Crippen LogP contribution in [-0.2, 0) is 4.79 Å². The Morgan fingerprint density at radius 2 is 1.78 bits per heavy atom. The van der Waals surface area contributed by atoms with Crippen molar-refractivity contribution in [2.24, 2.45) is 0 Å². The molecule has 27 heavy (non-hydrogen) atoms. The van der Waals surface area contributed by atoms with E-state index in [9.17, 15) is 4.79 Å². The number of hydrogen-bond acceptors (Lipinski definition) is 4. The van der Waals surface area contributed by atoms with Gasteiger partial charge in [0.05, 0.1) is 5.52 Å². The topological polar surface area (TPSA) is 47.8 Å². The van der Waals surface area contributed by atoms with E-state index in [4.69, 9.17) is 0 Å². The third kappa shape index (κ3) is 2.80. The predicted octanol–water partition coefficient (Wildman–Crippen LogP) is 4.87. The van der Waals surface area contributed by atoms with E-state index in [0.717, 1.165) is 28.6 Å². The number of hydrogen-bond donors (Lipinski definition) is 0. The van der Waals surface area contributed by atoms with Crippen LogP contribution in [0, 0.1) is 0 Å². The first-order valence-electron chi connectivity index (χ1n) is 8.94. The van der Waals surface area contributed by atoms with Crippen LogP contribution in [-0.4, -0.2) is 20.8 Å². The summed E-state index contributed by atoms with van der Waals surface area (Å²) in [4.78, 5) is 14.5. The number of ketones is 1. The van der Waals surface area contributed by atoms with Gasteiger partial charge in [-0.2, -0.15) is 0 Å². The van der Waals surface area contributed by atoms with E-state index in [1.807, 2.05) is 48.5 Å². The first-order chi connectivity index (χ1) is 13.3. The summed E-state index contributed by atoms with van der Waals surface area (Å²) in [5.74, 6) is 0.122. The third-order valence-corrected chi connectivity index (χ3v) is 6.13. The Morgan fingerprint density at radius 3 is 2.59 bits per heavy atom. The summed E-state index contributed by atoms with van der Waals surface area (Å²) < 4.78 is 1.81. The normalized spacial score (nSPS) is 20.0. The average molecular weight is 371 g/mol. The molecule has 2 aromatic carbocycles. The van der Waals surface area contributed by atoms with Crippen molar-refractivity contribution in [3.05, 3.63) is 88.6 Å². The summed E-state index contributed by atoms with van der Waals surface area (Å²) in [5, 5.41) is 10.7. The molecular weight excluding hydrogens is 354 g/mol. The lowest BCUT2D eigenvalue weighted by Gasteiger charge is -2.30. The minimum Gasteiger partial charge on any atom is -0.292 e. The van der Waals surface area contributed by atoms with E-state index in [1.54, 1.807) is 22.1 Å². The molecule has 0 amide bonds. The summed E-state index contributed by atoms with van der Waals surface area (Å²) >= 11 is 1.69. The van der Waals surface area contributed by atoms with E-state index in [-0.39, 0.29) is 17.7 Å². The standard InChI is InChI=1S/C22H17N3OS/c26-20-14-16(15-7-2-1-3-8-15)13-17(21-11-6-12-27-21)22(20)25-19-10-5-4-9-18(19)23-24-25/h1-12,14,17,22H,13H2/t17-,22-/m0/s1. The van der Waals surface area contributed by atoms with E-state index in [0.29, 0.717) is 0 Å². The Hall–Kier alpha value is -3.05. The third-order valence-electron chi connectivity index (χ3n) is 5.12. The van der Waals surface area contributed by atoms with Gasteiger partial charge in [0, 0.05) is 10.8 Å². The van der Waals surface area contributed by atoms with Gasteiger partial charge in [-0.05, 0) is 47.2 Å². The molecule has 5 heteroatoms. The molecule has 0 spiro atoms. The van der Waals surface area contributed by atoms with Gasteiger partial charge in [0.15, 0.2) is 5.78 Å². The molecular formula is C22H17N3OS. The first kappa shape index (κ1) is 16.1. The van der Waals surface area contributed by atoms with E-state index in [1.165, 1.54) is 4.88 Å². The first-order valence-corrected chi connectivity index (χ1v) is 9.82. The van der Waals surface area contributed by atoms with Gasteiger partial charge in [-0.3, -0.25) is 4.79 Å². The second kappa shape index (κ2) is 6.59. The molecule has 0 saturated heterocycles.